The van der Waals surface area contributed by atoms with Crippen LogP contribution in [0.15, 0.2) is 54.1 Å². The molecule has 5 heteroatoms. The molecule has 0 saturated heterocycles. The molecule has 0 fully saturated rings. The number of benzene rings is 2. The van der Waals surface area contributed by atoms with E-state index in [9.17, 15) is 9.59 Å². The number of rotatable bonds is 5. The predicted octanol–water partition coefficient (Wildman–Crippen LogP) is 3.96. The summed E-state index contributed by atoms with van der Waals surface area (Å²) in [6.07, 6.45) is 1.53. The molecule has 0 unspecified atom stereocenters. The van der Waals surface area contributed by atoms with Crippen molar-refractivity contribution in [2.45, 2.75) is 6.92 Å². The lowest BCUT2D eigenvalue weighted by atomic mass is 10.1. The van der Waals surface area contributed by atoms with Crippen LogP contribution in [0.25, 0.3) is 6.08 Å². The van der Waals surface area contributed by atoms with Crippen LogP contribution in [0.1, 0.15) is 12.5 Å². The van der Waals surface area contributed by atoms with Gasteiger partial charge in [0.05, 0.1) is 18.4 Å². The molecule has 0 aliphatic rings. The van der Waals surface area contributed by atoms with Gasteiger partial charge in [0.15, 0.2) is 5.78 Å². The molecule has 0 radical (unpaired) electrons. The largest absolute Gasteiger partial charge is 0.495 e. The lowest BCUT2D eigenvalue weighted by Crippen LogP contribution is -2.19. The van der Waals surface area contributed by atoms with E-state index >= 15 is 0 Å². The van der Waals surface area contributed by atoms with Crippen molar-refractivity contribution in [2.75, 3.05) is 12.4 Å². The van der Waals surface area contributed by atoms with Crippen LogP contribution in [0.4, 0.5) is 5.69 Å². The van der Waals surface area contributed by atoms with Crippen LogP contribution in [-0.4, -0.2) is 18.8 Å². The van der Waals surface area contributed by atoms with Gasteiger partial charge in [-0.25, -0.2) is 0 Å². The van der Waals surface area contributed by atoms with Crippen LogP contribution in [0, 0.1) is 0 Å². The van der Waals surface area contributed by atoms with Crippen LogP contribution >= 0.6 is 11.6 Å². The number of hydrogen-bond donors (Lipinski definition) is 1. The molecule has 2 aromatic rings. The van der Waals surface area contributed by atoms with Crippen molar-refractivity contribution in [2.24, 2.45) is 0 Å². The van der Waals surface area contributed by atoms with Gasteiger partial charge in [0.25, 0.3) is 5.91 Å². The fraction of sp³-hybridized carbons (Fsp3) is 0.111. The predicted molar refractivity (Wildman–Crippen MR) is 91.7 cm³/mol. The molecule has 2 aromatic carbocycles. The summed E-state index contributed by atoms with van der Waals surface area (Å²) in [5, 5.41) is 3.28. The van der Waals surface area contributed by atoms with Crippen molar-refractivity contribution >= 4 is 35.1 Å². The van der Waals surface area contributed by atoms with Gasteiger partial charge in [-0.05, 0) is 42.8 Å². The Bertz CT molecular complexity index is 751. The average molecular weight is 330 g/mol. The maximum Gasteiger partial charge on any atom is 0.259 e. The molecule has 0 atom stereocenters. The fourth-order valence-electron chi connectivity index (χ4n) is 1.99. The van der Waals surface area contributed by atoms with E-state index in [2.05, 4.69) is 5.32 Å². The number of carbonyl (C=O) groups excluding carboxylic acids is 2. The fourth-order valence-corrected chi connectivity index (χ4v) is 2.12. The molecular formula is C18H16ClNO3. The third-order valence-electron chi connectivity index (χ3n) is 3.16. The van der Waals surface area contributed by atoms with Gasteiger partial charge < -0.3 is 10.1 Å². The summed E-state index contributed by atoms with van der Waals surface area (Å²) in [5.74, 6) is -0.292. The highest BCUT2D eigenvalue weighted by atomic mass is 35.5. The van der Waals surface area contributed by atoms with E-state index in [1.807, 2.05) is 0 Å². The van der Waals surface area contributed by atoms with Gasteiger partial charge in [-0.15, -0.1) is 0 Å². The van der Waals surface area contributed by atoms with Gasteiger partial charge in [-0.2, -0.15) is 0 Å². The maximum absolute atomic E-state index is 12.4. The van der Waals surface area contributed by atoms with E-state index in [1.54, 1.807) is 48.5 Å². The molecule has 2 rings (SSSR count). The van der Waals surface area contributed by atoms with E-state index in [0.29, 0.717) is 16.5 Å². The molecule has 0 aliphatic heterocycles. The van der Waals surface area contributed by atoms with E-state index in [4.69, 9.17) is 16.3 Å². The first-order chi connectivity index (χ1) is 11.0. The number of methoxy groups -OCH3 is 1. The summed E-state index contributed by atoms with van der Waals surface area (Å²) < 4.78 is 5.18. The first kappa shape index (κ1) is 16.8. The van der Waals surface area contributed by atoms with Gasteiger partial charge >= 0.3 is 0 Å². The quantitative estimate of drug-likeness (QED) is 0.513. The summed E-state index contributed by atoms with van der Waals surface area (Å²) in [6, 6.07) is 13.9. The number of carbonyl (C=O) groups is 2. The summed E-state index contributed by atoms with van der Waals surface area (Å²) in [4.78, 5) is 24.2. The van der Waals surface area contributed by atoms with E-state index in [0.717, 1.165) is 5.56 Å². The number of ketones is 1. The first-order valence-corrected chi connectivity index (χ1v) is 7.31. The topological polar surface area (TPSA) is 55.4 Å². The third kappa shape index (κ3) is 4.44. The Morgan fingerprint density at radius 1 is 1.09 bits per heavy atom. The Kier molecular flexibility index (Phi) is 5.55. The maximum atomic E-state index is 12.4. The van der Waals surface area contributed by atoms with Gasteiger partial charge in [0.1, 0.15) is 5.75 Å². The zero-order chi connectivity index (χ0) is 16.8. The number of anilines is 1. The Labute approximate surface area is 139 Å². The van der Waals surface area contributed by atoms with Crippen LogP contribution in [-0.2, 0) is 9.59 Å². The number of Topliss-reactive ketones (excluding diaryl/α,β-unsaturated/α-hetero) is 1. The summed E-state index contributed by atoms with van der Waals surface area (Å²) in [6.45, 7) is 1.35. The van der Waals surface area contributed by atoms with Gasteiger partial charge in [0.2, 0.25) is 0 Å². The van der Waals surface area contributed by atoms with E-state index in [-0.39, 0.29) is 11.4 Å². The van der Waals surface area contributed by atoms with Crippen molar-refractivity contribution in [3.63, 3.8) is 0 Å². The number of para-hydroxylation sites is 2. The van der Waals surface area contributed by atoms with Crippen molar-refractivity contribution in [1.82, 2.24) is 0 Å². The molecule has 118 valence electrons. The SMILES string of the molecule is COc1ccccc1NC(=O)/C(=C/c1ccc(Cl)cc1)C(C)=O. The second-order valence-corrected chi connectivity index (χ2v) is 5.26. The Morgan fingerprint density at radius 3 is 2.35 bits per heavy atom. The molecule has 4 nitrogen and oxygen atoms in total. The standard InChI is InChI=1S/C18H16ClNO3/c1-12(21)15(11-13-7-9-14(19)10-8-13)18(22)20-16-5-3-4-6-17(16)23-2/h3-11H,1-2H3,(H,20,22)/b15-11+. The average Bonchev–Trinajstić information content (AvgIpc) is 2.54. The number of ether oxygens (including phenoxy) is 1. The minimum Gasteiger partial charge on any atom is -0.495 e. The van der Waals surface area contributed by atoms with Crippen LogP contribution in [0.3, 0.4) is 0 Å². The first-order valence-electron chi connectivity index (χ1n) is 6.94. The molecule has 0 spiro atoms. The molecule has 0 aromatic heterocycles. The highest BCUT2D eigenvalue weighted by Gasteiger charge is 2.16. The summed E-state index contributed by atoms with van der Waals surface area (Å²) in [5.41, 5.74) is 1.27. The van der Waals surface area contributed by atoms with Crippen LogP contribution in [0.5, 0.6) is 5.75 Å². The monoisotopic (exact) mass is 329 g/mol. The second kappa shape index (κ2) is 7.61. The van der Waals surface area contributed by atoms with Gasteiger partial charge in [0, 0.05) is 5.02 Å². The van der Waals surface area contributed by atoms with Gasteiger partial charge in [-0.3, -0.25) is 9.59 Å². The molecule has 0 bridgehead atoms. The van der Waals surface area contributed by atoms with Crippen LogP contribution in [0.2, 0.25) is 5.02 Å². The third-order valence-corrected chi connectivity index (χ3v) is 3.41. The summed E-state index contributed by atoms with van der Waals surface area (Å²) in [7, 11) is 1.51. The minimum atomic E-state index is -0.489. The molecule has 1 amide bonds. The smallest absolute Gasteiger partial charge is 0.259 e. The molecule has 0 heterocycles. The zero-order valence-corrected chi connectivity index (χ0v) is 13.6. The summed E-state index contributed by atoms with van der Waals surface area (Å²) >= 11 is 5.83. The zero-order valence-electron chi connectivity index (χ0n) is 12.8. The van der Waals surface area contributed by atoms with Crippen molar-refractivity contribution in [3.8, 4) is 5.75 Å². The molecule has 0 aliphatic carbocycles. The lowest BCUT2D eigenvalue weighted by Gasteiger charge is -2.10. The number of nitrogens with one attached hydrogen (secondary N) is 1. The Hall–Kier alpha value is -2.59. The molecule has 23 heavy (non-hydrogen) atoms. The van der Waals surface area contributed by atoms with E-state index < -0.39 is 5.91 Å². The van der Waals surface area contributed by atoms with Crippen molar-refractivity contribution in [1.29, 1.82) is 0 Å². The second-order valence-electron chi connectivity index (χ2n) is 4.82. The number of hydrogen-bond acceptors (Lipinski definition) is 3. The number of amides is 1. The van der Waals surface area contributed by atoms with Crippen molar-refractivity contribution < 1.29 is 14.3 Å². The Morgan fingerprint density at radius 2 is 1.74 bits per heavy atom. The van der Waals surface area contributed by atoms with Crippen LogP contribution < -0.4 is 10.1 Å². The lowest BCUT2D eigenvalue weighted by molar-refractivity contribution is -0.118. The molecule has 1 N–H and O–H groups in total. The normalized spacial score (nSPS) is 11.0. The minimum absolute atomic E-state index is 0.0539. The number of halogens is 1. The Balaban J connectivity index is 2.29. The highest BCUT2D eigenvalue weighted by molar-refractivity contribution is 6.30. The van der Waals surface area contributed by atoms with Crippen molar-refractivity contribution in [3.05, 3.63) is 64.7 Å². The molecule has 0 saturated carbocycles. The highest BCUT2D eigenvalue weighted by Crippen LogP contribution is 2.24. The molecular weight excluding hydrogens is 314 g/mol. The van der Waals surface area contributed by atoms with Gasteiger partial charge in [-0.1, -0.05) is 35.9 Å². The van der Waals surface area contributed by atoms with E-state index in [1.165, 1.54) is 20.1 Å².